The fourth-order valence-electron chi connectivity index (χ4n) is 4.74. The summed E-state index contributed by atoms with van der Waals surface area (Å²) in [6, 6.07) is 16.9. The third-order valence-corrected chi connectivity index (χ3v) is 10.6. The lowest BCUT2D eigenvalue weighted by atomic mass is 9.81. The Balaban J connectivity index is 1.64. The van der Waals surface area contributed by atoms with Crippen molar-refractivity contribution >= 4 is 45.0 Å². The monoisotopic (exact) mass is 679 g/mol. The molecule has 0 unspecified atom stereocenters. The summed E-state index contributed by atoms with van der Waals surface area (Å²) < 4.78 is 51.0. The number of rotatable bonds is 13. The first-order valence-corrected chi connectivity index (χ1v) is 17.2. The van der Waals surface area contributed by atoms with E-state index in [0.29, 0.717) is 34.6 Å². The highest BCUT2D eigenvalue weighted by Gasteiger charge is 2.30. The van der Waals surface area contributed by atoms with E-state index in [4.69, 9.17) is 32.9 Å². The molecule has 0 fully saturated rings. The van der Waals surface area contributed by atoms with Gasteiger partial charge in [-0.1, -0.05) is 60.9 Å². The maximum atomic E-state index is 13.9. The number of methoxy groups -OCH3 is 1. The summed E-state index contributed by atoms with van der Waals surface area (Å²) in [6.07, 6.45) is 2.51. The molecule has 0 aliphatic carbocycles. The molecule has 0 saturated carbocycles. The van der Waals surface area contributed by atoms with Crippen LogP contribution >= 0.6 is 35.0 Å². The van der Waals surface area contributed by atoms with E-state index in [2.05, 4.69) is 39.7 Å². The number of halogens is 3. The summed E-state index contributed by atoms with van der Waals surface area (Å²) in [5.41, 5.74) is 2.79. The lowest BCUT2D eigenvalue weighted by Gasteiger charge is -2.28. The van der Waals surface area contributed by atoms with Crippen LogP contribution in [0.4, 0.5) is 4.39 Å². The van der Waals surface area contributed by atoms with Gasteiger partial charge in [-0.25, -0.2) is 22.5 Å². The van der Waals surface area contributed by atoms with E-state index < -0.39 is 15.4 Å². The predicted octanol–water partition coefficient (Wildman–Crippen LogP) is 7.32. The molecule has 44 heavy (non-hydrogen) atoms. The number of thioether (sulfide) groups is 1. The molecular weight excluding hydrogens is 642 g/mol. The lowest BCUT2D eigenvalue weighted by molar-refractivity contribution is -0.870. The summed E-state index contributed by atoms with van der Waals surface area (Å²) in [6.45, 7) is 5.30. The van der Waals surface area contributed by atoms with E-state index in [1.807, 2.05) is 22.9 Å². The Morgan fingerprint density at radius 2 is 1.70 bits per heavy atom. The van der Waals surface area contributed by atoms with Crippen LogP contribution in [-0.4, -0.2) is 63.8 Å². The van der Waals surface area contributed by atoms with Gasteiger partial charge in [0.15, 0.2) is 5.16 Å². The maximum absolute atomic E-state index is 13.9. The molecule has 3 aromatic carbocycles. The minimum Gasteiger partial charge on any atom is -0.495 e. The Morgan fingerprint density at radius 1 is 1.02 bits per heavy atom. The Bertz CT molecular complexity index is 1720. The van der Waals surface area contributed by atoms with Crippen LogP contribution in [0.5, 0.6) is 5.75 Å². The van der Waals surface area contributed by atoms with Crippen molar-refractivity contribution < 1.29 is 22.0 Å². The lowest BCUT2D eigenvalue weighted by Crippen LogP contribution is -2.37. The third kappa shape index (κ3) is 8.16. The molecule has 0 saturated heterocycles. The standard InChI is InChI=1S/C32H38Cl2FN4O3S2/c1-32(2,23-9-15-26(33)28(19-23)42-6)30-20-36-31(38(30)25-12-10-24(35)11-13-25)43-21-22-8-14-27(34)29(18-22)44(40,41)37-16-7-17-39(3,4)5/h8-15,18-20,37H,7,16-17,21H2,1-6H3/q+1. The van der Waals surface area contributed by atoms with E-state index in [9.17, 15) is 12.8 Å². The van der Waals surface area contributed by atoms with Gasteiger partial charge in [-0.2, -0.15) is 0 Å². The van der Waals surface area contributed by atoms with Gasteiger partial charge in [-0.15, -0.1) is 0 Å². The number of nitrogens with one attached hydrogen (secondary N) is 1. The Morgan fingerprint density at radius 3 is 2.36 bits per heavy atom. The van der Waals surface area contributed by atoms with Crippen LogP contribution in [-0.2, 0) is 21.2 Å². The average molecular weight is 681 g/mol. The molecule has 0 radical (unpaired) electrons. The molecule has 0 bridgehead atoms. The van der Waals surface area contributed by atoms with Crippen LogP contribution in [0, 0.1) is 5.82 Å². The first-order chi connectivity index (χ1) is 20.6. The molecule has 0 amide bonds. The molecule has 4 rings (SSSR count). The zero-order chi connectivity index (χ0) is 32.3. The fraction of sp³-hybridized carbons (Fsp3) is 0.344. The van der Waals surface area contributed by atoms with Gasteiger partial charge < -0.3 is 9.22 Å². The van der Waals surface area contributed by atoms with Crippen LogP contribution in [0.15, 0.2) is 76.9 Å². The van der Waals surface area contributed by atoms with Crippen LogP contribution in [0.3, 0.4) is 0 Å². The molecule has 4 aromatic rings. The molecule has 1 N–H and O–H groups in total. The number of ether oxygens (including phenoxy) is 1. The van der Waals surface area contributed by atoms with Gasteiger partial charge in [0.1, 0.15) is 16.5 Å². The maximum Gasteiger partial charge on any atom is 0.242 e. The summed E-state index contributed by atoms with van der Waals surface area (Å²) in [5.74, 6) is 0.650. The zero-order valence-electron chi connectivity index (χ0n) is 25.7. The van der Waals surface area contributed by atoms with Crippen molar-refractivity contribution in [2.45, 2.75) is 41.5 Å². The van der Waals surface area contributed by atoms with E-state index in [1.165, 1.54) is 23.9 Å². The summed E-state index contributed by atoms with van der Waals surface area (Å²) in [4.78, 5) is 4.80. The smallest absolute Gasteiger partial charge is 0.242 e. The van der Waals surface area contributed by atoms with Crippen molar-refractivity contribution in [3.05, 3.63) is 99.5 Å². The van der Waals surface area contributed by atoms with E-state index in [-0.39, 0.29) is 15.7 Å². The number of nitrogens with zero attached hydrogens (tertiary/aromatic N) is 3. The van der Waals surface area contributed by atoms with Gasteiger partial charge in [-0.3, -0.25) is 4.57 Å². The van der Waals surface area contributed by atoms with Crippen molar-refractivity contribution in [1.29, 1.82) is 0 Å². The second kappa shape index (κ2) is 13.8. The van der Waals surface area contributed by atoms with Crippen molar-refractivity contribution in [3.63, 3.8) is 0 Å². The van der Waals surface area contributed by atoms with Gasteiger partial charge in [0.25, 0.3) is 0 Å². The minimum atomic E-state index is -3.80. The SMILES string of the molecule is COc1cc(C(C)(C)c2cnc(SCc3ccc(Cl)c(S(=O)(=O)NCCC[N+](C)(C)C)c3)n2-c2ccc(F)cc2)ccc1Cl. The number of quaternary nitrogens is 1. The molecule has 1 heterocycles. The quantitative estimate of drug-likeness (QED) is 0.0911. The van der Waals surface area contributed by atoms with E-state index in [1.54, 1.807) is 43.5 Å². The first-order valence-electron chi connectivity index (χ1n) is 14.0. The fourth-order valence-corrected chi connectivity index (χ4v) is 7.49. The zero-order valence-corrected chi connectivity index (χ0v) is 28.8. The summed E-state index contributed by atoms with van der Waals surface area (Å²) >= 11 is 14.1. The molecule has 0 atom stereocenters. The van der Waals surface area contributed by atoms with Gasteiger partial charge in [0, 0.05) is 29.8 Å². The molecule has 0 spiro atoms. The van der Waals surface area contributed by atoms with Crippen LogP contribution in [0.1, 0.15) is 37.1 Å². The summed E-state index contributed by atoms with van der Waals surface area (Å²) in [7, 11) is 3.96. The van der Waals surface area contributed by atoms with E-state index >= 15 is 0 Å². The largest absolute Gasteiger partial charge is 0.495 e. The Labute approximate surface area is 274 Å². The number of aromatic nitrogens is 2. The molecule has 12 heteroatoms. The number of sulfonamides is 1. The van der Waals surface area contributed by atoms with Crippen LogP contribution in [0.2, 0.25) is 10.0 Å². The predicted molar refractivity (Wildman–Crippen MR) is 177 cm³/mol. The number of benzene rings is 3. The summed E-state index contributed by atoms with van der Waals surface area (Å²) in [5, 5.41) is 1.34. The number of imidazole rings is 1. The Hall–Kier alpha value is -2.60. The highest BCUT2D eigenvalue weighted by molar-refractivity contribution is 7.98. The van der Waals surface area contributed by atoms with E-state index in [0.717, 1.165) is 33.5 Å². The van der Waals surface area contributed by atoms with Gasteiger partial charge in [0.05, 0.1) is 56.7 Å². The first kappa shape index (κ1) is 34.3. The molecular formula is C32H38Cl2FN4O3S2+. The topological polar surface area (TPSA) is 73.2 Å². The second-order valence-corrected chi connectivity index (χ2v) is 15.5. The van der Waals surface area contributed by atoms with Gasteiger partial charge in [0.2, 0.25) is 10.0 Å². The van der Waals surface area contributed by atoms with Gasteiger partial charge in [-0.05, 0) is 59.7 Å². The normalized spacial score (nSPS) is 12.5. The highest BCUT2D eigenvalue weighted by Crippen LogP contribution is 2.39. The van der Waals surface area contributed by atoms with Crippen molar-refractivity contribution in [3.8, 4) is 11.4 Å². The molecule has 0 aliphatic heterocycles. The second-order valence-electron chi connectivity index (χ2n) is 12.0. The van der Waals surface area contributed by atoms with Crippen molar-refractivity contribution in [2.75, 3.05) is 41.3 Å². The molecule has 1 aromatic heterocycles. The molecule has 7 nitrogen and oxygen atoms in total. The number of hydrogen-bond donors (Lipinski definition) is 1. The van der Waals surface area contributed by atoms with Crippen LogP contribution < -0.4 is 9.46 Å². The van der Waals surface area contributed by atoms with Crippen LogP contribution in [0.25, 0.3) is 5.69 Å². The Kier molecular flexibility index (Phi) is 10.8. The highest BCUT2D eigenvalue weighted by atomic mass is 35.5. The average Bonchev–Trinajstić information content (AvgIpc) is 3.40. The van der Waals surface area contributed by atoms with Crippen molar-refractivity contribution in [1.82, 2.24) is 14.3 Å². The van der Waals surface area contributed by atoms with Gasteiger partial charge >= 0.3 is 0 Å². The third-order valence-electron chi connectivity index (χ3n) is 7.28. The minimum absolute atomic E-state index is 0.0444. The molecule has 236 valence electrons. The number of hydrogen-bond acceptors (Lipinski definition) is 5. The van der Waals surface area contributed by atoms with Crippen molar-refractivity contribution in [2.24, 2.45) is 0 Å². The molecule has 0 aliphatic rings.